The van der Waals surface area contributed by atoms with E-state index in [0.29, 0.717) is 0 Å². The highest BCUT2D eigenvalue weighted by Gasteiger charge is 2.20. The van der Waals surface area contributed by atoms with Crippen LogP contribution in [0.15, 0.2) is 205 Å². The highest BCUT2D eigenvalue weighted by Crippen LogP contribution is 2.46. The summed E-state index contributed by atoms with van der Waals surface area (Å²) in [4.78, 5) is 2.41. The summed E-state index contributed by atoms with van der Waals surface area (Å²) in [6.07, 6.45) is 0. The zero-order valence-electron chi connectivity index (χ0n) is 29.8. The van der Waals surface area contributed by atoms with Crippen molar-refractivity contribution in [3.05, 3.63) is 200 Å². The maximum absolute atomic E-state index is 6.16. The Kier molecular flexibility index (Phi) is 7.39. The van der Waals surface area contributed by atoms with Crippen LogP contribution in [0, 0.1) is 0 Å². The van der Waals surface area contributed by atoms with Crippen LogP contribution in [0.4, 0.5) is 17.1 Å². The normalized spacial score (nSPS) is 11.6. The lowest BCUT2D eigenvalue weighted by atomic mass is 9.91. The van der Waals surface area contributed by atoms with Gasteiger partial charge < -0.3 is 9.32 Å². The quantitative estimate of drug-likeness (QED) is 0.170. The number of rotatable bonds is 6. The van der Waals surface area contributed by atoms with Crippen LogP contribution in [0.25, 0.3) is 86.3 Å². The SMILES string of the molecule is c1ccc(-c2cccc3cccc(-c4ccc(N(c5ccccc5)c5cccc6sc7ccc(-c8ccc9oc%10ccccc%10c9c8)cc7c56)cc4)c23)cc1. The molecule has 0 fully saturated rings. The fraction of sp³-hybridized carbons (Fsp3) is 0. The summed E-state index contributed by atoms with van der Waals surface area (Å²) in [5, 5.41) is 7.31. The van der Waals surface area contributed by atoms with Crippen LogP contribution in [0.2, 0.25) is 0 Å². The van der Waals surface area contributed by atoms with Gasteiger partial charge in [-0.2, -0.15) is 0 Å². The van der Waals surface area contributed by atoms with Gasteiger partial charge in [0.25, 0.3) is 0 Å². The Morgan fingerprint density at radius 2 is 0.964 bits per heavy atom. The Bertz CT molecular complexity index is 3190. The second-order valence-corrected chi connectivity index (χ2v) is 15.1. The number of para-hydroxylation sites is 2. The van der Waals surface area contributed by atoms with Crippen molar-refractivity contribution < 1.29 is 4.42 Å². The summed E-state index contributed by atoms with van der Waals surface area (Å²) in [6, 6.07) is 72.3. The van der Waals surface area contributed by atoms with Crippen LogP contribution in [0.5, 0.6) is 0 Å². The summed E-state index contributed by atoms with van der Waals surface area (Å²) in [7, 11) is 0. The molecule has 11 aromatic rings. The predicted molar refractivity (Wildman–Crippen MR) is 235 cm³/mol. The largest absolute Gasteiger partial charge is 0.456 e. The summed E-state index contributed by atoms with van der Waals surface area (Å²) in [5.41, 5.74) is 12.5. The monoisotopic (exact) mass is 719 g/mol. The number of thiophene rings is 1. The van der Waals surface area contributed by atoms with Gasteiger partial charge in [0.1, 0.15) is 11.2 Å². The maximum Gasteiger partial charge on any atom is 0.135 e. The second-order valence-electron chi connectivity index (χ2n) is 14.1. The third kappa shape index (κ3) is 5.32. The minimum atomic E-state index is 0.913. The fourth-order valence-electron chi connectivity index (χ4n) is 8.31. The number of hydrogen-bond donors (Lipinski definition) is 0. The molecule has 11 rings (SSSR count). The van der Waals surface area contributed by atoms with Gasteiger partial charge in [-0.3, -0.25) is 0 Å². The number of anilines is 3. The Labute approximate surface area is 322 Å². The first kappa shape index (κ1) is 31.6. The molecule has 2 nitrogen and oxygen atoms in total. The van der Waals surface area contributed by atoms with Crippen molar-refractivity contribution in [2.75, 3.05) is 4.90 Å². The summed E-state index contributed by atoms with van der Waals surface area (Å²) >= 11 is 1.85. The first-order chi connectivity index (χ1) is 27.3. The highest BCUT2D eigenvalue weighted by molar-refractivity contribution is 7.26. The lowest BCUT2D eigenvalue weighted by Crippen LogP contribution is -2.10. The molecule has 2 aromatic heterocycles. The lowest BCUT2D eigenvalue weighted by Gasteiger charge is -2.26. The third-order valence-electron chi connectivity index (χ3n) is 10.9. The van der Waals surface area contributed by atoms with Gasteiger partial charge in [0.2, 0.25) is 0 Å². The van der Waals surface area contributed by atoms with Gasteiger partial charge in [0.05, 0.1) is 5.69 Å². The van der Waals surface area contributed by atoms with Gasteiger partial charge in [-0.25, -0.2) is 0 Å². The molecule has 0 radical (unpaired) electrons. The lowest BCUT2D eigenvalue weighted by molar-refractivity contribution is 0.669. The van der Waals surface area contributed by atoms with Crippen molar-refractivity contribution in [2.24, 2.45) is 0 Å². The zero-order valence-corrected chi connectivity index (χ0v) is 30.6. The fourth-order valence-corrected chi connectivity index (χ4v) is 9.42. The molecule has 0 bridgehead atoms. The van der Waals surface area contributed by atoms with Crippen molar-refractivity contribution in [3.63, 3.8) is 0 Å². The van der Waals surface area contributed by atoms with Gasteiger partial charge in [0.15, 0.2) is 0 Å². The summed E-state index contributed by atoms with van der Waals surface area (Å²) in [6.45, 7) is 0. The molecule has 0 aliphatic carbocycles. The smallest absolute Gasteiger partial charge is 0.135 e. The molecule has 2 heterocycles. The molecule has 55 heavy (non-hydrogen) atoms. The van der Waals surface area contributed by atoms with E-state index in [1.807, 2.05) is 23.5 Å². The van der Waals surface area contributed by atoms with Crippen molar-refractivity contribution in [1.29, 1.82) is 0 Å². The topological polar surface area (TPSA) is 16.4 Å². The molecule has 0 saturated carbocycles. The molecule has 0 N–H and O–H groups in total. The standard InChI is InChI=1S/C52H33NOS/c1-3-12-34(13-4-1)41-19-9-14-36-15-10-20-42(51(36)41)35-24-28-40(29-25-35)53(39-16-5-2-6-17-39)46-21-11-23-50-52(46)45-33-38(27-31-49(45)55-50)37-26-30-48-44(32-37)43-18-7-8-22-47(43)54-48/h1-33H. The van der Waals surface area contributed by atoms with Crippen LogP contribution >= 0.6 is 11.3 Å². The van der Waals surface area contributed by atoms with Crippen molar-refractivity contribution in [1.82, 2.24) is 0 Å². The second kappa shape index (κ2) is 12.9. The maximum atomic E-state index is 6.16. The number of nitrogens with zero attached hydrogens (tertiary/aromatic N) is 1. The average Bonchev–Trinajstić information content (AvgIpc) is 3.82. The van der Waals surface area contributed by atoms with Gasteiger partial charge in [-0.1, -0.05) is 133 Å². The molecular formula is C52H33NOS. The van der Waals surface area contributed by atoms with E-state index < -0.39 is 0 Å². The van der Waals surface area contributed by atoms with E-state index in [-0.39, 0.29) is 0 Å². The van der Waals surface area contributed by atoms with Crippen LogP contribution in [-0.4, -0.2) is 0 Å². The van der Waals surface area contributed by atoms with E-state index in [2.05, 4.69) is 193 Å². The highest BCUT2D eigenvalue weighted by atomic mass is 32.1. The first-order valence-electron chi connectivity index (χ1n) is 18.7. The van der Waals surface area contributed by atoms with Gasteiger partial charge in [-0.05, 0) is 111 Å². The van der Waals surface area contributed by atoms with Gasteiger partial charge >= 0.3 is 0 Å². The van der Waals surface area contributed by atoms with E-state index in [1.165, 1.54) is 64.3 Å². The van der Waals surface area contributed by atoms with Gasteiger partial charge in [-0.15, -0.1) is 11.3 Å². The molecule has 0 atom stereocenters. The Hall–Kier alpha value is -6.94. The van der Waals surface area contributed by atoms with Crippen molar-refractivity contribution >= 4 is 81.3 Å². The number of hydrogen-bond acceptors (Lipinski definition) is 3. The molecular weight excluding hydrogens is 687 g/mol. The number of benzene rings is 9. The van der Waals surface area contributed by atoms with E-state index in [0.717, 1.165) is 39.0 Å². The average molecular weight is 720 g/mol. The third-order valence-corrected chi connectivity index (χ3v) is 12.0. The first-order valence-corrected chi connectivity index (χ1v) is 19.5. The van der Waals surface area contributed by atoms with Crippen molar-refractivity contribution in [3.8, 4) is 33.4 Å². The number of furan rings is 1. The Balaban J connectivity index is 1.06. The van der Waals surface area contributed by atoms with E-state index in [1.54, 1.807) is 0 Å². The molecule has 0 unspecified atom stereocenters. The van der Waals surface area contributed by atoms with Crippen LogP contribution in [0.3, 0.4) is 0 Å². The predicted octanol–water partition coefficient (Wildman–Crippen LogP) is 15.6. The molecule has 0 amide bonds. The van der Waals surface area contributed by atoms with Crippen LogP contribution in [-0.2, 0) is 0 Å². The Morgan fingerprint density at radius 1 is 0.364 bits per heavy atom. The molecule has 3 heteroatoms. The zero-order chi connectivity index (χ0) is 36.3. The molecule has 9 aromatic carbocycles. The number of fused-ring (bicyclic) bond motifs is 7. The minimum Gasteiger partial charge on any atom is -0.456 e. The summed E-state index contributed by atoms with van der Waals surface area (Å²) < 4.78 is 8.70. The van der Waals surface area contributed by atoms with E-state index >= 15 is 0 Å². The molecule has 0 aliphatic rings. The molecule has 0 spiro atoms. The molecule has 0 aliphatic heterocycles. The molecule has 0 saturated heterocycles. The van der Waals surface area contributed by atoms with E-state index in [4.69, 9.17) is 4.42 Å². The summed E-state index contributed by atoms with van der Waals surface area (Å²) in [5.74, 6) is 0. The molecule has 258 valence electrons. The minimum absolute atomic E-state index is 0.913. The van der Waals surface area contributed by atoms with E-state index in [9.17, 15) is 0 Å². The van der Waals surface area contributed by atoms with Gasteiger partial charge in [0, 0.05) is 42.3 Å². The van der Waals surface area contributed by atoms with Crippen LogP contribution < -0.4 is 4.90 Å². The Morgan fingerprint density at radius 3 is 1.75 bits per heavy atom. The van der Waals surface area contributed by atoms with Crippen molar-refractivity contribution in [2.45, 2.75) is 0 Å². The van der Waals surface area contributed by atoms with Crippen LogP contribution in [0.1, 0.15) is 0 Å².